The maximum absolute atomic E-state index is 12.7. The first-order valence-corrected chi connectivity index (χ1v) is 12.2. The van der Waals surface area contributed by atoms with Gasteiger partial charge in [-0.15, -0.1) is 0 Å². The van der Waals surface area contributed by atoms with Gasteiger partial charge in [-0.1, -0.05) is 33.2 Å². The van der Waals surface area contributed by atoms with Crippen LogP contribution in [0.4, 0.5) is 5.69 Å². The molecule has 0 spiro atoms. The molecule has 0 bridgehead atoms. The Morgan fingerprint density at radius 2 is 1.88 bits per heavy atom. The average Bonchev–Trinajstić information content (AvgIpc) is 3.21. The molecule has 170 valence electrons. The molecule has 11 heteroatoms. The van der Waals surface area contributed by atoms with Crippen molar-refractivity contribution in [2.45, 2.75) is 19.6 Å². The van der Waals surface area contributed by atoms with Crippen LogP contribution in [0.5, 0.6) is 5.75 Å². The van der Waals surface area contributed by atoms with Crippen molar-refractivity contribution in [2.24, 2.45) is 0 Å². The summed E-state index contributed by atoms with van der Waals surface area (Å²) in [6.07, 6.45) is 0.352. The molecular weight excluding hydrogens is 500 g/mol. The van der Waals surface area contributed by atoms with Gasteiger partial charge in [0.2, 0.25) is 21.7 Å². The van der Waals surface area contributed by atoms with Crippen LogP contribution in [0.1, 0.15) is 12.8 Å². The van der Waals surface area contributed by atoms with Crippen molar-refractivity contribution in [3.8, 4) is 17.1 Å². The van der Waals surface area contributed by atoms with Gasteiger partial charge in [-0.25, -0.2) is 8.42 Å². The van der Waals surface area contributed by atoms with E-state index in [2.05, 4.69) is 26.1 Å². The van der Waals surface area contributed by atoms with Crippen molar-refractivity contribution in [1.29, 1.82) is 0 Å². The van der Waals surface area contributed by atoms with Gasteiger partial charge in [0.25, 0.3) is 5.91 Å². The number of aromatic nitrogens is 2. The normalized spacial score (nSPS) is 12.3. The van der Waals surface area contributed by atoms with Gasteiger partial charge < -0.3 is 14.2 Å². The molecule has 0 aliphatic rings. The number of anilines is 1. The fourth-order valence-electron chi connectivity index (χ4n) is 2.84. The highest BCUT2D eigenvalue weighted by molar-refractivity contribution is 9.10. The maximum Gasteiger partial charge on any atom is 0.263 e. The number of hydrogen-bond donors (Lipinski definition) is 0. The molecule has 2 aromatic carbocycles. The van der Waals surface area contributed by atoms with Crippen molar-refractivity contribution in [3.05, 3.63) is 58.9 Å². The van der Waals surface area contributed by atoms with Crippen LogP contribution in [0.15, 0.2) is 57.5 Å². The van der Waals surface area contributed by atoms with E-state index in [4.69, 9.17) is 9.26 Å². The van der Waals surface area contributed by atoms with Crippen LogP contribution in [-0.4, -0.2) is 55.8 Å². The zero-order valence-electron chi connectivity index (χ0n) is 18.0. The molecule has 0 saturated carbocycles. The number of rotatable bonds is 8. The minimum absolute atomic E-state index is 0.131. The molecule has 0 unspecified atom stereocenters. The predicted molar refractivity (Wildman–Crippen MR) is 124 cm³/mol. The molecule has 0 aliphatic carbocycles. The Bertz CT molecular complexity index is 1200. The summed E-state index contributed by atoms with van der Waals surface area (Å²) in [6, 6.07) is 14.0. The summed E-state index contributed by atoms with van der Waals surface area (Å²) < 4.78 is 36.3. The Morgan fingerprint density at radius 1 is 1.19 bits per heavy atom. The number of amides is 1. The minimum Gasteiger partial charge on any atom is -0.481 e. The van der Waals surface area contributed by atoms with Crippen LogP contribution in [0.3, 0.4) is 0 Å². The summed E-state index contributed by atoms with van der Waals surface area (Å²) in [5.41, 5.74) is 1.29. The van der Waals surface area contributed by atoms with Gasteiger partial charge in [0, 0.05) is 24.1 Å². The lowest BCUT2D eigenvalue weighted by atomic mass is 10.2. The first-order chi connectivity index (χ1) is 15.0. The summed E-state index contributed by atoms with van der Waals surface area (Å²) in [5.74, 6) is 0.908. The lowest BCUT2D eigenvalue weighted by molar-refractivity contribution is -0.137. The Hall–Kier alpha value is -2.92. The Kier molecular flexibility index (Phi) is 7.19. The van der Waals surface area contributed by atoms with E-state index in [1.54, 1.807) is 38.2 Å². The van der Waals surface area contributed by atoms with E-state index < -0.39 is 16.1 Å². The average molecular weight is 523 g/mol. The summed E-state index contributed by atoms with van der Waals surface area (Å²) >= 11 is 3.41. The molecule has 1 amide bonds. The van der Waals surface area contributed by atoms with Crippen LogP contribution in [-0.2, 0) is 21.4 Å². The molecule has 1 heterocycles. The van der Waals surface area contributed by atoms with Gasteiger partial charge in [-0.05, 0) is 43.3 Å². The van der Waals surface area contributed by atoms with E-state index >= 15 is 0 Å². The highest BCUT2D eigenvalue weighted by Crippen LogP contribution is 2.22. The molecule has 0 fully saturated rings. The van der Waals surface area contributed by atoms with Crippen LogP contribution in [0.2, 0.25) is 0 Å². The number of halogens is 1. The van der Waals surface area contributed by atoms with E-state index in [0.29, 0.717) is 23.2 Å². The highest BCUT2D eigenvalue weighted by Gasteiger charge is 2.22. The molecule has 0 radical (unpaired) electrons. The fourth-order valence-corrected chi connectivity index (χ4v) is 3.74. The number of sulfonamides is 1. The van der Waals surface area contributed by atoms with Crippen molar-refractivity contribution < 1.29 is 22.5 Å². The number of carbonyl (C=O) groups is 1. The number of ether oxygens (including phenoxy) is 1. The van der Waals surface area contributed by atoms with Crippen molar-refractivity contribution in [3.63, 3.8) is 0 Å². The molecule has 1 atom stereocenters. The van der Waals surface area contributed by atoms with Crippen molar-refractivity contribution in [2.75, 3.05) is 24.7 Å². The number of likely N-dealkylation sites (N-methyl/N-ethyl adjacent to an activating group) is 1. The number of carbonyl (C=O) groups excluding carboxylic acids is 1. The second-order valence-corrected chi connectivity index (χ2v) is 10.1. The lowest BCUT2D eigenvalue weighted by Gasteiger charge is -2.21. The van der Waals surface area contributed by atoms with E-state index in [0.717, 1.165) is 20.6 Å². The van der Waals surface area contributed by atoms with Gasteiger partial charge in [-0.2, -0.15) is 4.98 Å². The predicted octanol–water partition coefficient (Wildman–Crippen LogP) is 3.32. The third-order valence-corrected chi connectivity index (χ3v) is 6.36. The third kappa shape index (κ3) is 5.86. The van der Waals surface area contributed by atoms with E-state index in [9.17, 15) is 13.2 Å². The fraction of sp³-hybridized carbons (Fsp3) is 0.286. The molecule has 0 saturated heterocycles. The van der Waals surface area contributed by atoms with E-state index in [1.165, 1.54) is 11.9 Å². The quantitative estimate of drug-likeness (QED) is 0.446. The lowest BCUT2D eigenvalue weighted by Crippen LogP contribution is -2.37. The van der Waals surface area contributed by atoms with Gasteiger partial charge >= 0.3 is 0 Å². The number of benzene rings is 2. The van der Waals surface area contributed by atoms with Crippen molar-refractivity contribution in [1.82, 2.24) is 15.0 Å². The molecule has 0 N–H and O–H groups in total. The molecule has 32 heavy (non-hydrogen) atoms. The standard InChI is InChI=1S/C21H23BrN4O5S/c1-14(30-18-10-8-17(9-11-18)26(3)32(4,28)29)21(27)25(2)13-19-23-20(24-31-19)15-6-5-7-16(22)12-15/h5-12,14H,13H2,1-4H3/t14-/m0/s1. The summed E-state index contributed by atoms with van der Waals surface area (Å²) in [6.45, 7) is 1.77. The molecule has 3 aromatic rings. The number of nitrogens with zero attached hydrogens (tertiary/aromatic N) is 4. The van der Waals surface area contributed by atoms with Crippen LogP contribution in [0, 0.1) is 0 Å². The van der Waals surface area contributed by atoms with Gasteiger partial charge in [0.1, 0.15) is 5.75 Å². The van der Waals surface area contributed by atoms with Gasteiger partial charge in [0.15, 0.2) is 6.10 Å². The first kappa shape index (κ1) is 23.7. The smallest absolute Gasteiger partial charge is 0.263 e. The molecule has 9 nitrogen and oxygen atoms in total. The Balaban J connectivity index is 1.60. The Labute approximate surface area is 195 Å². The third-order valence-electron chi connectivity index (χ3n) is 4.66. The summed E-state index contributed by atoms with van der Waals surface area (Å²) in [4.78, 5) is 18.5. The summed E-state index contributed by atoms with van der Waals surface area (Å²) in [5, 5.41) is 3.97. The maximum atomic E-state index is 12.7. The van der Waals surface area contributed by atoms with Crippen molar-refractivity contribution >= 4 is 37.5 Å². The van der Waals surface area contributed by atoms with Gasteiger partial charge in [0.05, 0.1) is 18.5 Å². The Morgan fingerprint density at radius 3 is 2.50 bits per heavy atom. The van der Waals surface area contributed by atoms with Crippen LogP contribution < -0.4 is 9.04 Å². The zero-order chi connectivity index (χ0) is 23.5. The number of hydrogen-bond acceptors (Lipinski definition) is 7. The largest absolute Gasteiger partial charge is 0.481 e. The van der Waals surface area contributed by atoms with E-state index in [-0.39, 0.29) is 12.5 Å². The molecule has 0 aliphatic heterocycles. The topological polar surface area (TPSA) is 106 Å². The minimum atomic E-state index is -3.36. The molecular formula is C21H23BrN4O5S. The van der Waals surface area contributed by atoms with E-state index in [1.807, 2.05) is 24.3 Å². The van der Waals surface area contributed by atoms with Crippen LogP contribution in [0.25, 0.3) is 11.4 Å². The second-order valence-electron chi connectivity index (χ2n) is 7.20. The van der Waals surface area contributed by atoms with Gasteiger partial charge in [-0.3, -0.25) is 9.10 Å². The first-order valence-electron chi connectivity index (χ1n) is 9.58. The SMILES string of the molecule is C[C@H](Oc1ccc(N(C)S(C)(=O)=O)cc1)C(=O)N(C)Cc1nc(-c2cccc(Br)c2)no1. The second kappa shape index (κ2) is 9.70. The highest BCUT2D eigenvalue weighted by atomic mass is 79.9. The molecule has 1 aromatic heterocycles. The zero-order valence-corrected chi connectivity index (χ0v) is 20.4. The monoisotopic (exact) mass is 522 g/mol. The van der Waals surface area contributed by atoms with Crippen LogP contribution >= 0.6 is 15.9 Å². The summed E-state index contributed by atoms with van der Waals surface area (Å²) in [7, 11) is -0.270. The molecule has 3 rings (SSSR count).